The molecule has 1 fully saturated rings. The molecule has 136 valence electrons. The molecule has 0 atom stereocenters. The number of sulfonamides is 1. The second-order valence-corrected chi connectivity index (χ2v) is 9.44. The summed E-state index contributed by atoms with van der Waals surface area (Å²) in [5, 5.41) is 1.80. The molecule has 26 heavy (non-hydrogen) atoms. The van der Waals surface area contributed by atoms with Crippen LogP contribution in [0.15, 0.2) is 47.5 Å². The lowest BCUT2D eigenvalue weighted by Gasteiger charge is -2.17. The topological polar surface area (TPSA) is 62.0 Å². The minimum absolute atomic E-state index is 0.142. The summed E-state index contributed by atoms with van der Waals surface area (Å²) in [7, 11) is -3.54. The van der Waals surface area contributed by atoms with Crippen LogP contribution in [0, 0.1) is 13.8 Å². The molecule has 0 radical (unpaired) electrons. The van der Waals surface area contributed by atoms with Gasteiger partial charge in [-0.1, -0.05) is 29.8 Å². The number of aryl methyl sites for hydroxylation is 2. The van der Waals surface area contributed by atoms with Gasteiger partial charge in [0, 0.05) is 34.1 Å². The van der Waals surface area contributed by atoms with Gasteiger partial charge in [0.25, 0.3) is 0 Å². The lowest BCUT2D eigenvalue weighted by Crippen LogP contribution is -2.32. The molecule has 0 unspecified atom stereocenters. The summed E-state index contributed by atoms with van der Waals surface area (Å²) in [5.74, 6) is 0. The number of fused-ring (bicyclic) bond motifs is 1. The first-order valence-corrected chi connectivity index (χ1v) is 10.5. The van der Waals surface area contributed by atoms with Gasteiger partial charge in [-0.25, -0.2) is 13.1 Å². The molecular formula is C20H21ClN2O2S. The van der Waals surface area contributed by atoms with Crippen molar-refractivity contribution < 1.29 is 8.42 Å². The van der Waals surface area contributed by atoms with Crippen molar-refractivity contribution >= 4 is 32.5 Å². The highest BCUT2D eigenvalue weighted by atomic mass is 35.5. The zero-order valence-electron chi connectivity index (χ0n) is 14.8. The van der Waals surface area contributed by atoms with Crippen molar-refractivity contribution in [3.05, 3.63) is 64.3 Å². The number of hydrogen-bond donors (Lipinski definition) is 2. The van der Waals surface area contributed by atoms with E-state index < -0.39 is 10.0 Å². The van der Waals surface area contributed by atoms with Crippen LogP contribution in [0.25, 0.3) is 10.9 Å². The maximum Gasteiger partial charge on any atom is 0.240 e. The molecule has 1 heterocycles. The normalized spacial score (nSPS) is 16.1. The first-order chi connectivity index (χ1) is 12.3. The van der Waals surface area contributed by atoms with E-state index in [1.165, 1.54) is 0 Å². The van der Waals surface area contributed by atoms with Gasteiger partial charge in [0.1, 0.15) is 0 Å². The van der Waals surface area contributed by atoms with Crippen molar-refractivity contribution in [3.63, 3.8) is 0 Å². The van der Waals surface area contributed by atoms with Crippen LogP contribution >= 0.6 is 11.6 Å². The number of rotatable bonds is 5. The minimum Gasteiger partial charge on any atom is -0.361 e. The molecule has 6 heteroatoms. The predicted octanol–water partition coefficient (Wildman–Crippen LogP) is 4.45. The zero-order valence-corrected chi connectivity index (χ0v) is 16.3. The van der Waals surface area contributed by atoms with E-state index in [1.54, 1.807) is 6.07 Å². The Bertz CT molecular complexity index is 1100. The number of hydrogen-bond acceptors (Lipinski definition) is 2. The lowest BCUT2D eigenvalue weighted by atomic mass is 9.96. The van der Waals surface area contributed by atoms with Gasteiger partial charge >= 0.3 is 0 Å². The van der Waals surface area contributed by atoms with Crippen LogP contribution in [-0.4, -0.2) is 19.9 Å². The second kappa shape index (κ2) is 6.12. The molecule has 3 aromatic rings. The second-order valence-electron chi connectivity index (χ2n) is 7.27. The van der Waals surface area contributed by atoms with E-state index in [1.807, 2.05) is 50.4 Å². The summed E-state index contributed by atoms with van der Waals surface area (Å²) >= 11 is 6.06. The first-order valence-electron chi connectivity index (χ1n) is 8.65. The number of benzene rings is 2. The van der Waals surface area contributed by atoms with Crippen molar-refractivity contribution in [3.8, 4) is 0 Å². The number of halogens is 1. The SMILES string of the molecule is Cc1ccc(C)c(S(=O)(=O)NCC2(c3c[nH]c4cc(Cl)ccc34)CC2)c1. The van der Waals surface area contributed by atoms with Crippen LogP contribution in [0.3, 0.4) is 0 Å². The van der Waals surface area contributed by atoms with Gasteiger partial charge in [-0.3, -0.25) is 0 Å². The summed E-state index contributed by atoms with van der Waals surface area (Å²) in [5.41, 5.74) is 3.70. The van der Waals surface area contributed by atoms with Gasteiger partial charge in [-0.05, 0) is 61.6 Å². The zero-order chi connectivity index (χ0) is 18.5. The highest BCUT2D eigenvalue weighted by molar-refractivity contribution is 7.89. The molecule has 2 aromatic carbocycles. The van der Waals surface area contributed by atoms with E-state index in [4.69, 9.17) is 11.6 Å². The predicted molar refractivity (Wildman–Crippen MR) is 105 cm³/mol. The smallest absolute Gasteiger partial charge is 0.240 e. The Labute approximate surface area is 158 Å². The van der Waals surface area contributed by atoms with Crippen molar-refractivity contribution in [1.29, 1.82) is 0 Å². The fourth-order valence-corrected chi connectivity index (χ4v) is 5.16. The average Bonchev–Trinajstić information content (AvgIpc) is 3.27. The Balaban J connectivity index is 1.61. The van der Waals surface area contributed by atoms with Crippen LogP contribution in [0.4, 0.5) is 0 Å². The van der Waals surface area contributed by atoms with Gasteiger partial charge in [-0.2, -0.15) is 0 Å². The molecule has 1 aliphatic carbocycles. The van der Waals surface area contributed by atoms with Crippen molar-refractivity contribution in [2.75, 3.05) is 6.54 Å². The summed E-state index contributed by atoms with van der Waals surface area (Å²) in [6, 6.07) is 11.3. The largest absolute Gasteiger partial charge is 0.361 e. The summed E-state index contributed by atoms with van der Waals surface area (Å²) < 4.78 is 28.5. The maximum absolute atomic E-state index is 12.8. The van der Waals surface area contributed by atoms with E-state index in [2.05, 4.69) is 9.71 Å². The number of H-pyrrole nitrogens is 1. The van der Waals surface area contributed by atoms with E-state index in [0.717, 1.165) is 40.4 Å². The number of aromatic amines is 1. The van der Waals surface area contributed by atoms with E-state index in [0.29, 0.717) is 16.5 Å². The van der Waals surface area contributed by atoms with Crippen LogP contribution in [0.1, 0.15) is 29.5 Å². The molecule has 0 amide bonds. The van der Waals surface area contributed by atoms with Crippen LogP contribution in [0.2, 0.25) is 5.02 Å². The van der Waals surface area contributed by atoms with Crippen molar-refractivity contribution in [1.82, 2.24) is 9.71 Å². The van der Waals surface area contributed by atoms with Gasteiger partial charge in [0.2, 0.25) is 10.0 Å². The fraction of sp³-hybridized carbons (Fsp3) is 0.300. The lowest BCUT2D eigenvalue weighted by molar-refractivity contribution is 0.567. The molecule has 1 aliphatic rings. The van der Waals surface area contributed by atoms with Crippen molar-refractivity contribution in [2.24, 2.45) is 0 Å². The van der Waals surface area contributed by atoms with Gasteiger partial charge in [0.05, 0.1) is 4.90 Å². The van der Waals surface area contributed by atoms with Crippen LogP contribution in [0.5, 0.6) is 0 Å². The quantitative estimate of drug-likeness (QED) is 0.678. The third-order valence-electron chi connectivity index (χ3n) is 5.30. The first kappa shape index (κ1) is 17.6. The molecule has 2 N–H and O–H groups in total. The molecule has 0 saturated heterocycles. The van der Waals surface area contributed by atoms with Gasteiger partial charge in [-0.15, -0.1) is 0 Å². The molecule has 4 rings (SSSR count). The molecule has 0 spiro atoms. The standard InChI is InChI=1S/C20H21ClN2O2S/c1-13-3-4-14(2)19(9-13)26(24,25)23-12-20(7-8-20)17-11-22-18-10-15(21)5-6-16(17)18/h3-6,9-11,22-23H,7-8,12H2,1-2H3. The molecule has 0 aliphatic heterocycles. The Hall–Kier alpha value is -1.82. The molecule has 1 aromatic heterocycles. The highest BCUT2D eigenvalue weighted by Crippen LogP contribution is 2.50. The maximum atomic E-state index is 12.8. The summed E-state index contributed by atoms with van der Waals surface area (Å²) in [6.07, 6.45) is 3.93. The Kier molecular flexibility index (Phi) is 4.14. The van der Waals surface area contributed by atoms with E-state index in [-0.39, 0.29) is 5.41 Å². The third-order valence-corrected chi connectivity index (χ3v) is 7.08. The minimum atomic E-state index is -3.54. The van der Waals surface area contributed by atoms with Crippen LogP contribution < -0.4 is 4.72 Å². The highest BCUT2D eigenvalue weighted by Gasteiger charge is 2.46. The molecular weight excluding hydrogens is 368 g/mol. The number of nitrogens with one attached hydrogen (secondary N) is 2. The monoisotopic (exact) mass is 388 g/mol. The Morgan fingerprint density at radius 3 is 2.65 bits per heavy atom. The fourth-order valence-electron chi connectivity index (χ4n) is 3.54. The average molecular weight is 389 g/mol. The molecule has 0 bridgehead atoms. The number of aromatic nitrogens is 1. The van der Waals surface area contributed by atoms with Gasteiger partial charge in [0.15, 0.2) is 0 Å². The van der Waals surface area contributed by atoms with Crippen LogP contribution in [-0.2, 0) is 15.4 Å². The van der Waals surface area contributed by atoms with E-state index >= 15 is 0 Å². The molecule has 1 saturated carbocycles. The Morgan fingerprint density at radius 2 is 1.92 bits per heavy atom. The third kappa shape index (κ3) is 3.04. The summed E-state index contributed by atoms with van der Waals surface area (Å²) in [4.78, 5) is 3.62. The molecule has 4 nitrogen and oxygen atoms in total. The van der Waals surface area contributed by atoms with Crippen molar-refractivity contribution in [2.45, 2.75) is 37.0 Å². The Morgan fingerprint density at radius 1 is 1.15 bits per heavy atom. The van der Waals surface area contributed by atoms with Gasteiger partial charge < -0.3 is 4.98 Å². The summed E-state index contributed by atoms with van der Waals surface area (Å²) in [6.45, 7) is 4.13. The van der Waals surface area contributed by atoms with E-state index in [9.17, 15) is 8.42 Å².